The normalized spacial score (nSPS) is 14.0. The summed E-state index contributed by atoms with van der Waals surface area (Å²) < 4.78 is 12.4. The molecule has 1 aliphatic rings. The maximum absolute atomic E-state index is 13.2. The van der Waals surface area contributed by atoms with E-state index in [1.54, 1.807) is 32.1 Å². The molecule has 0 aliphatic carbocycles. The van der Waals surface area contributed by atoms with Crippen LogP contribution in [-0.4, -0.2) is 66.0 Å². The van der Waals surface area contributed by atoms with Crippen molar-refractivity contribution in [2.24, 2.45) is 7.05 Å². The second kappa shape index (κ2) is 8.44. The van der Waals surface area contributed by atoms with Crippen molar-refractivity contribution in [2.45, 2.75) is 0 Å². The fraction of sp³-hybridized carbons (Fsp3) is 0.318. The van der Waals surface area contributed by atoms with E-state index in [2.05, 4.69) is 15.0 Å². The van der Waals surface area contributed by atoms with E-state index in [-0.39, 0.29) is 5.91 Å². The van der Waals surface area contributed by atoms with Crippen molar-refractivity contribution >= 4 is 11.7 Å². The molecule has 4 rings (SSSR count). The van der Waals surface area contributed by atoms with Crippen LogP contribution < -0.4 is 14.4 Å². The number of hydrogen-bond acceptors (Lipinski definition) is 6. The van der Waals surface area contributed by atoms with Crippen molar-refractivity contribution in [1.82, 2.24) is 19.7 Å². The van der Waals surface area contributed by atoms with E-state index in [9.17, 15) is 4.79 Å². The largest absolute Gasteiger partial charge is 0.497 e. The van der Waals surface area contributed by atoms with Gasteiger partial charge < -0.3 is 19.3 Å². The summed E-state index contributed by atoms with van der Waals surface area (Å²) >= 11 is 0. The molecule has 3 heterocycles. The molecule has 1 saturated heterocycles. The van der Waals surface area contributed by atoms with E-state index in [1.165, 1.54) is 0 Å². The number of pyridine rings is 1. The summed E-state index contributed by atoms with van der Waals surface area (Å²) in [5.41, 5.74) is 2.00. The predicted molar refractivity (Wildman–Crippen MR) is 114 cm³/mol. The van der Waals surface area contributed by atoms with Crippen LogP contribution in [0.15, 0.2) is 48.7 Å². The fourth-order valence-corrected chi connectivity index (χ4v) is 3.65. The molecule has 0 bridgehead atoms. The van der Waals surface area contributed by atoms with E-state index in [0.717, 1.165) is 24.5 Å². The number of carbonyl (C=O) groups is 1. The Morgan fingerprint density at radius 3 is 2.47 bits per heavy atom. The van der Waals surface area contributed by atoms with Crippen molar-refractivity contribution < 1.29 is 14.3 Å². The highest BCUT2D eigenvalue weighted by Crippen LogP contribution is 2.33. The molecule has 1 aromatic carbocycles. The molecule has 30 heavy (non-hydrogen) atoms. The van der Waals surface area contributed by atoms with Crippen molar-refractivity contribution in [2.75, 3.05) is 45.3 Å². The average Bonchev–Trinajstić information content (AvgIpc) is 3.20. The quantitative estimate of drug-likeness (QED) is 0.647. The van der Waals surface area contributed by atoms with Gasteiger partial charge in [-0.25, -0.2) is 4.98 Å². The molecule has 0 radical (unpaired) electrons. The highest BCUT2D eigenvalue weighted by molar-refractivity contribution is 5.94. The Bertz CT molecular complexity index is 1030. The van der Waals surface area contributed by atoms with Crippen LogP contribution in [0.3, 0.4) is 0 Å². The molecule has 0 spiro atoms. The lowest BCUT2D eigenvalue weighted by molar-refractivity contribution is 0.0735. The Kier molecular flexibility index (Phi) is 5.56. The van der Waals surface area contributed by atoms with Crippen LogP contribution in [0, 0.1) is 0 Å². The number of ether oxygens (including phenoxy) is 2. The molecule has 1 aliphatic heterocycles. The van der Waals surface area contributed by atoms with Gasteiger partial charge in [-0.05, 0) is 36.4 Å². The van der Waals surface area contributed by atoms with E-state index < -0.39 is 0 Å². The van der Waals surface area contributed by atoms with Gasteiger partial charge >= 0.3 is 0 Å². The van der Waals surface area contributed by atoms with Gasteiger partial charge in [0.05, 0.1) is 19.9 Å². The molecule has 0 atom stereocenters. The summed E-state index contributed by atoms with van der Waals surface area (Å²) in [6.45, 7) is 2.77. The lowest BCUT2D eigenvalue weighted by Gasteiger charge is -2.35. The number of amides is 1. The predicted octanol–water partition coefficient (Wildman–Crippen LogP) is 2.46. The lowest BCUT2D eigenvalue weighted by atomic mass is 10.1. The fourth-order valence-electron chi connectivity index (χ4n) is 3.65. The van der Waals surface area contributed by atoms with Gasteiger partial charge in [0.15, 0.2) is 0 Å². The minimum atomic E-state index is -0.0289. The number of carbonyl (C=O) groups excluding carboxylic acids is 1. The molecule has 156 valence electrons. The van der Waals surface area contributed by atoms with Crippen LogP contribution in [-0.2, 0) is 7.05 Å². The van der Waals surface area contributed by atoms with Crippen LogP contribution in [0.5, 0.6) is 11.5 Å². The van der Waals surface area contributed by atoms with Gasteiger partial charge in [0.25, 0.3) is 5.91 Å². The molecule has 1 amide bonds. The molecule has 3 aromatic rings. The van der Waals surface area contributed by atoms with Crippen LogP contribution in [0.2, 0.25) is 0 Å². The summed E-state index contributed by atoms with van der Waals surface area (Å²) in [6.07, 6.45) is 1.79. The number of benzene rings is 1. The minimum absolute atomic E-state index is 0.0289. The molecule has 0 unspecified atom stereocenters. The second-order valence-electron chi connectivity index (χ2n) is 7.07. The Labute approximate surface area is 175 Å². The summed E-state index contributed by atoms with van der Waals surface area (Å²) in [6, 6.07) is 13.2. The summed E-state index contributed by atoms with van der Waals surface area (Å²) in [5.74, 6) is 2.29. The molecule has 0 N–H and O–H groups in total. The van der Waals surface area contributed by atoms with Gasteiger partial charge in [-0.15, -0.1) is 0 Å². The van der Waals surface area contributed by atoms with Gasteiger partial charge in [0, 0.05) is 45.0 Å². The van der Waals surface area contributed by atoms with Gasteiger partial charge in [0.1, 0.15) is 23.0 Å². The molecule has 1 fully saturated rings. The zero-order valence-corrected chi connectivity index (χ0v) is 17.4. The first-order chi connectivity index (χ1) is 14.6. The second-order valence-corrected chi connectivity index (χ2v) is 7.07. The van der Waals surface area contributed by atoms with Gasteiger partial charge in [-0.1, -0.05) is 6.07 Å². The van der Waals surface area contributed by atoms with Crippen LogP contribution in [0.25, 0.3) is 11.3 Å². The maximum atomic E-state index is 13.2. The molecular weight excluding hydrogens is 382 g/mol. The van der Waals surface area contributed by atoms with Crippen LogP contribution in [0.4, 0.5) is 5.82 Å². The van der Waals surface area contributed by atoms with Crippen LogP contribution >= 0.6 is 0 Å². The third-order valence-electron chi connectivity index (χ3n) is 5.32. The third-order valence-corrected chi connectivity index (χ3v) is 5.32. The lowest BCUT2D eigenvalue weighted by Crippen LogP contribution is -2.49. The Morgan fingerprint density at radius 2 is 1.80 bits per heavy atom. The molecular formula is C22H25N5O3. The number of hydrogen-bond donors (Lipinski definition) is 0. The van der Waals surface area contributed by atoms with E-state index >= 15 is 0 Å². The first-order valence-corrected chi connectivity index (χ1v) is 9.82. The zero-order valence-electron chi connectivity index (χ0n) is 17.4. The maximum Gasteiger partial charge on any atom is 0.272 e. The summed E-state index contributed by atoms with van der Waals surface area (Å²) in [5, 5.41) is 4.56. The smallest absolute Gasteiger partial charge is 0.272 e. The molecule has 8 nitrogen and oxygen atoms in total. The Hall–Kier alpha value is -3.55. The zero-order chi connectivity index (χ0) is 21.1. The number of aromatic nitrogens is 3. The Morgan fingerprint density at radius 1 is 1.00 bits per heavy atom. The number of nitrogens with zero attached hydrogens (tertiary/aromatic N) is 5. The first kappa shape index (κ1) is 19.8. The molecule has 8 heteroatoms. The Balaban J connectivity index is 1.52. The van der Waals surface area contributed by atoms with Gasteiger partial charge in [0.2, 0.25) is 0 Å². The average molecular weight is 407 g/mol. The van der Waals surface area contributed by atoms with Crippen molar-refractivity contribution in [1.29, 1.82) is 0 Å². The monoisotopic (exact) mass is 407 g/mol. The summed E-state index contributed by atoms with van der Waals surface area (Å²) in [4.78, 5) is 21.6. The van der Waals surface area contributed by atoms with Crippen LogP contribution in [0.1, 0.15) is 10.5 Å². The molecule has 0 saturated carbocycles. The van der Waals surface area contributed by atoms with Crippen molar-refractivity contribution in [3.8, 4) is 22.8 Å². The third kappa shape index (κ3) is 3.80. The number of anilines is 1. The number of rotatable bonds is 5. The van der Waals surface area contributed by atoms with E-state index in [1.807, 2.05) is 47.4 Å². The first-order valence-electron chi connectivity index (χ1n) is 9.82. The minimum Gasteiger partial charge on any atom is -0.497 e. The van der Waals surface area contributed by atoms with Crippen molar-refractivity contribution in [3.05, 3.63) is 54.4 Å². The highest BCUT2D eigenvalue weighted by Gasteiger charge is 2.26. The highest BCUT2D eigenvalue weighted by atomic mass is 16.5. The van der Waals surface area contributed by atoms with Gasteiger partial charge in [-0.3, -0.25) is 9.48 Å². The standard InChI is InChI=1S/C22H25N5O3/c1-25-19(15-18(24-25)17-14-16(29-2)7-8-20(17)30-3)22(28)27-12-10-26(11-13-27)21-6-4-5-9-23-21/h4-9,14-15H,10-13H2,1-3H3. The number of methoxy groups -OCH3 is 2. The SMILES string of the molecule is COc1ccc(OC)c(-c2cc(C(=O)N3CCN(c4ccccn4)CC3)n(C)n2)c1. The van der Waals surface area contributed by atoms with Gasteiger partial charge in [-0.2, -0.15) is 5.10 Å². The number of aryl methyl sites for hydroxylation is 1. The van der Waals surface area contributed by atoms with E-state index in [0.29, 0.717) is 36.0 Å². The van der Waals surface area contributed by atoms with Crippen molar-refractivity contribution in [3.63, 3.8) is 0 Å². The molecule has 2 aromatic heterocycles. The summed E-state index contributed by atoms with van der Waals surface area (Å²) in [7, 11) is 5.01. The number of piperazine rings is 1. The topological polar surface area (TPSA) is 72.7 Å². The van der Waals surface area contributed by atoms with E-state index in [4.69, 9.17) is 9.47 Å².